The van der Waals surface area contributed by atoms with Crippen LogP contribution in [0, 0.1) is 6.92 Å². The molecule has 2 aromatic carbocycles. The third-order valence-electron chi connectivity index (χ3n) is 5.65. The van der Waals surface area contributed by atoms with Crippen LogP contribution >= 0.6 is 0 Å². The molecule has 0 aliphatic heterocycles. The maximum Gasteiger partial charge on any atom is 0.243 e. The molecule has 0 atom stereocenters. The van der Waals surface area contributed by atoms with Crippen molar-refractivity contribution < 1.29 is 13.2 Å². The Hall–Kier alpha value is -2.18. The number of benzene rings is 2. The van der Waals surface area contributed by atoms with Crippen LogP contribution in [-0.4, -0.2) is 31.2 Å². The lowest BCUT2D eigenvalue weighted by Crippen LogP contribution is -2.44. The number of carbonyl (C=O) groups is 1. The van der Waals surface area contributed by atoms with E-state index in [1.54, 1.807) is 30.3 Å². The second-order valence-corrected chi connectivity index (χ2v) is 10.1. The Labute approximate surface area is 180 Å². The second-order valence-electron chi connectivity index (χ2n) is 8.18. The molecule has 0 heterocycles. The number of amides is 1. The number of sulfonamides is 1. The normalized spacial score (nSPS) is 16.1. The fourth-order valence-corrected chi connectivity index (χ4v) is 5.30. The molecular formula is C24H32N2O3S. The van der Waals surface area contributed by atoms with E-state index in [0.29, 0.717) is 0 Å². The summed E-state index contributed by atoms with van der Waals surface area (Å²) >= 11 is 0. The van der Waals surface area contributed by atoms with Gasteiger partial charge >= 0.3 is 0 Å². The highest BCUT2D eigenvalue weighted by Crippen LogP contribution is 2.20. The lowest BCUT2D eigenvalue weighted by molar-refractivity contribution is -0.122. The zero-order chi connectivity index (χ0) is 21.4. The first-order valence-electron chi connectivity index (χ1n) is 10.9. The van der Waals surface area contributed by atoms with Crippen LogP contribution in [0.2, 0.25) is 0 Å². The summed E-state index contributed by atoms with van der Waals surface area (Å²) in [5.74, 6) is -0.229. The Bertz CT molecular complexity index is 903. The number of rotatable bonds is 7. The van der Waals surface area contributed by atoms with E-state index in [4.69, 9.17) is 0 Å². The number of aryl methyl sites for hydroxylation is 1. The molecule has 0 unspecified atom stereocenters. The highest BCUT2D eigenvalue weighted by Gasteiger charge is 2.27. The average molecular weight is 429 g/mol. The van der Waals surface area contributed by atoms with Crippen molar-refractivity contribution in [3.63, 3.8) is 0 Å². The second kappa shape index (κ2) is 10.7. The van der Waals surface area contributed by atoms with E-state index in [0.717, 1.165) is 36.8 Å². The predicted molar refractivity (Wildman–Crippen MR) is 119 cm³/mol. The van der Waals surface area contributed by atoms with E-state index in [-0.39, 0.29) is 29.9 Å². The summed E-state index contributed by atoms with van der Waals surface area (Å²) in [6.07, 6.45) is 7.83. The molecular weight excluding hydrogens is 396 g/mol. The van der Waals surface area contributed by atoms with Gasteiger partial charge < -0.3 is 5.32 Å². The topological polar surface area (TPSA) is 66.5 Å². The van der Waals surface area contributed by atoms with Crippen LogP contribution < -0.4 is 5.32 Å². The van der Waals surface area contributed by atoms with Crippen molar-refractivity contribution in [2.75, 3.05) is 6.54 Å². The van der Waals surface area contributed by atoms with Gasteiger partial charge in [-0.1, -0.05) is 80.1 Å². The largest absolute Gasteiger partial charge is 0.352 e. The summed E-state index contributed by atoms with van der Waals surface area (Å²) < 4.78 is 27.8. The number of nitrogens with one attached hydrogen (secondary N) is 1. The quantitative estimate of drug-likeness (QED) is 0.710. The molecule has 0 saturated heterocycles. The van der Waals surface area contributed by atoms with Gasteiger partial charge in [0.1, 0.15) is 0 Å². The van der Waals surface area contributed by atoms with Crippen LogP contribution in [0.15, 0.2) is 59.5 Å². The Kier molecular flexibility index (Phi) is 8.05. The molecule has 0 aromatic heterocycles. The van der Waals surface area contributed by atoms with Gasteiger partial charge in [0.25, 0.3) is 0 Å². The summed E-state index contributed by atoms with van der Waals surface area (Å²) in [6, 6.07) is 16.2. The third-order valence-corrected chi connectivity index (χ3v) is 7.46. The fraction of sp³-hybridized carbons (Fsp3) is 0.458. The molecule has 5 nitrogen and oxygen atoms in total. The van der Waals surface area contributed by atoms with Gasteiger partial charge in [0, 0.05) is 12.6 Å². The standard InChI is InChI=1S/C24H32N2O3S/c1-20-14-16-21(17-15-20)18-26(30(28,29)23-12-8-5-9-13-23)19-24(27)25-22-10-6-3-2-4-7-11-22/h5,8-9,12-17,22H,2-4,6-7,10-11,18-19H2,1H3,(H,25,27). The number of hydrogen-bond donors (Lipinski definition) is 1. The van der Waals surface area contributed by atoms with Crippen LogP contribution in [0.25, 0.3) is 0 Å². The van der Waals surface area contributed by atoms with Crippen LogP contribution in [-0.2, 0) is 21.4 Å². The molecule has 0 radical (unpaired) electrons. The summed E-state index contributed by atoms with van der Waals surface area (Å²) in [6.45, 7) is 1.97. The minimum absolute atomic E-state index is 0.137. The van der Waals surface area contributed by atoms with Gasteiger partial charge in [-0.3, -0.25) is 4.79 Å². The first-order chi connectivity index (χ1) is 14.4. The SMILES string of the molecule is Cc1ccc(CN(CC(=O)NC2CCCCCCC2)S(=O)(=O)c2ccccc2)cc1. The highest BCUT2D eigenvalue weighted by atomic mass is 32.2. The Balaban J connectivity index is 1.76. The van der Waals surface area contributed by atoms with E-state index >= 15 is 0 Å². The molecule has 30 heavy (non-hydrogen) atoms. The van der Waals surface area contributed by atoms with Crippen LogP contribution in [0.5, 0.6) is 0 Å². The molecule has 1 fully saturated rings. The maximum absolute atomic E-state index is 13.3. The number of hydrogen-bond acceptors (Lipinski definition) is 3. The molecule has 1 aliphatic carbocycles. The lowest BCUT2D eigenvalue weighted by atomic mass is 9.97. The molecule has 162 valence electrons. The summed E-state index contributed by atoms with van der Waals surface area (Å²) in [4.78, 5) is 13.0. The minimum atomic E-state index is -3.79. The van der Waals surface area contributed by atoms with E-state index in [1.165, 1.54) is 23.6 Å². The smallest absolute Gasteiger partial charge is 0.243 e. The molecule has 0 spiro atoms. The first-order valence-corrected chi connectivity index (χ1v) is 12.3. The van der Waals surface area contributed by atoms with Gasteiger partial charge in [-0.05, 0) is 37.5 Å². The van der Waals surface area contributed by atoms with Gasteiger partial charge in [0.05, 0.1) is 11.4 Å². The van der Waals surface area contributed by atoms with Gasteiger partial charge in [-0.15, -0.1) is 0 Å². The van der Waals surface area contributed by atoms with Gasteiger partial charge in [-0.2, -0.15) is 4.31 Å². The molecule has 1 aliphatic rings. The van der Waals surface area contributed by atoms with Gasteiger partial charge in [0.2, 0.25) is 15.9 Å². The zero-order valence-corrected chi connectivity index (χ0v) is 18.5. The Morgan fingerprint density at radius 2 is 1.53 bits per heavy atom. The lowest BCUT2D eigenvalue weighted by Gasteiger charge is -2.25. The molecule has 2 aromatic rings. The van der Waals surface area contributed by atoms with Gasteiger partial charge in [-0.25, -0.2) is 8.42 Å². The Morgan fingerprint density at radius 1 is 0.933 bits per heavy atom. The highest BCUT2D eigenvalue weighted by molar-refractivity contribution is 7.89. The first kappa shape index (κ1) is 22.5. The van der Waals surface area contributed by atoms with E-state index < -0.39 is 10.0 Å². The third kappa shape index (κ3) is 6.41. The average Bonchev–Trinajstić information content (AvgIpc) is 2.71. The van der Waals surface area contributed by atoms with Crippen molar-refractivity contribution in [3.8, 4) is 0 Å². The molecule has 0 bridgehead atoms. The summed E-state index contributed by atoms with van der Waals surface area (Å²) in [7, 11) is -3.79. The van der Waals surface area contributed by atoms with Crippen LogP contribution in [0.4, 0.5) is 0 Å². The molecule has 1 amide bonds. The van der Waals surface area contributed by atoms with E-state index in [9.17, 15) is 13.2 Å². The maximum atomic E-state index is 13.3. The van der Waals surface area contributed by atoms with E-state index in [2.05, 4.69) is 5.32 Å². The zero-order valence-electron chi connectivity index (χ0n) is 17.7. The number of carbonyl (C=O) groups excluding carboxylic acids is 1. The van der Waals surface area contributed by atoms with Crippen molar-refractivity contribution in [2.24, 2.45) is 0 Å². The van der Waals surface area contributed by atoms with Crippen molar-refractivity contribution >= 4 is 15.9 Å². The van der Waals surface area contributed by atoms with Crippen LogP contribution in [0.3, 0.4) is 0 Å². The van der Waals surface area contributed by atoms with Crippen molar-refractivity contribution in [2.45, 2.75) is 69.4 Å². The predicted octanol–water partition coefficient (Wildman–Crippen LogP) is 4.42. The Morgan fingerprint density at radius 3 is 2.17 bits per heavy atom. The number of nitrogens with zero attached hydrogens (tertiary/aromatic N) is 1. The van der Waals surface area contributed by atoms with Crippen LogP contribution in [0.1, 0.15) is 56.1 Å². The minimum Gasteiger partial charge on any atom is -0.352 e. The fourth-order valence-electron chi connectivity index (χ4n) is 3.90. The van der Waals surface area contributed by atoms with Crippen molar-refractivity contribution in [3.05, 3.63) is 65.7 Å². The molecule has 1 saturated carbocycles. The van der Waals surface area contributed by atoms with Crippen molar-refractivity contribution in [1.82, 2.24) is 9.62 Å². The summed E-state index contributed by atoms with van der Waals surface area (Å²) in [5.41, 5.74) is 1.97. The monoisotopic (exact) mass is 428 g/mol. The molecule has 6 heteroatoms. The summed E-state index contributed by atoms with van der Waals surface area (Å²) in [5, 5.41) is 3.09. The molecule has 3 rings (SSSR count). The molecule has 1 N–H and O–H groups in total. The van der Waals surface area contributed by atoms with Crippen molar-refractivity contribution in [1.29, 1.82) is 0 Å². The van der Waals surface area contributed by atoms with E-state index in [1.807, 2.05) is 31.2 Å². The van der Waals surface area contributed by atoms with Gasteiger partial charge in [0.15, 0.2) is 0 Å².